The average Bonchev–Trinajstić information content (AvgIpc) is 3.41. The summed E-state index contributed by atoms with van der Waals surface area (Å²) in [5.41, 5.74) is 1.68. The molecule has 2 heterocycles. The lowest BCUT2D eigenvalue weighted by atomic mass is 10.0. The molecule has 1 aliphatic rings. The van der Waals surface area contributed by atoms with Crippen molar-refractivity contribution >= 4 is 23.1 Å². The maximum Gasteiger partial charge on any atom is 0.278 e. The number of methoxy groups -OCH3 is 1. The number of imide groups is 1. The molecule has 0 saturated heterocycles. The number of hydrogen-bond donors (Lipinski definition) is 1. The summed E-state index contributed by atoms with van der Waals surface area (Å²) in [6, 6.07) is 17.9. The van der Waals surface area contributed by atoms with Crippen LogP contribution in [0.15, 0.2) is 77.0 Å². The zero-order chi connectivity index (χ0) is 23.4. The molecule has 0 fully saturated rings. The molecule has 4 rings (SSSR count). The van der Waals surface area contributed by atoms with Crippen LogP contribution < -0.4 is 14.8 Å². The molecule has 0 unspecified atom stereocenters. The van der Waals surface area contributed by atoms with E-state index in [4.69, 9.17) is 13.9 Å². The molecule has 7 heteroatoms. The van der Waals surface area contributed by atoms with Gasteiger partial charge in [0, 0.05) is 0 Å². The molecular formula is C26H26N2O5. The van der Waals surface area contributed by atoms with Crippen LogP contribution in [0.25, 0.3) is 5.57 Å². The average molecular weight is 447 g/mol. The third-order valence-corrected chi connectivity index (χ3v) is 5.16. The lowest BCUT2D eigenvalue weighted by Crippen LogP contribution is -2.31. The largest absolute Gasteiger partial charge is 0.495 e. The molecule has 33 heavy (non-hydrogen) atoms. The maximum atomic E-state index is 13.4. The van der Waals surface area contributed by atoms with Gasteiger partial charge in [0.25, 0.3) is 11.8 Å². The second-order valence-electron chi connectivity index (χ2n) is 8.08. The van der Waals surface area contributed by atoms with Crippen molar-refractivity contribution in [1.29, 1.82) is 0 Å². The van der Waals surface area contributed by atoms with Crippen molar-refractivity contribution in [2.75, 3.05) is 19.0 Å². The SMILES string of the molecule is COc1ccccc1NC1=C(c2ccc(OCC(C)C)cc2)C(=O)N(Cc2ccco2)C1=O. The van der Waals surface area contributed by atoms with E-state index in [1.54, 1.807) is 55.6 Å². The lowest BCUT2D eigenvalue weighted by molar-refractivity contribution is -0.137. The van der Waals surface area contributed by atoms with Gasteiger partial charge in [-0.3, -0.25) is 14.5 Å². The number of benzene rings is 2. The van der Waals surface area contributed by atoms with Crippen LogP contribution in [-0.2, 0) is 16.1 Å². The summed E-state index contributed by atoms with van der Waals surface area (Å²) < 4.78 is 16.5. The third-order valence-electron chi connectivity index (χ3n) is 5.16. The molecule has 3 aromatic rings. The number of carbonyl (C=O) groups is 2. The Hall–Kier alpha value is -4.00. The molecule has 2 amide bonds. The van der Waals surface area contributed by atoms with Gasteiger partial charge in [-0.2, -0.15) is 0 Å². The van der Waals surface area contributed by atoms with Gasteiger partial charge < -0.3 is 19.2 Å². The second-order valence-corrected chi connectivity index (χ2v) is 8.08. The Morgan fingerprint density at radius 1 is 0.970 bits per heavy atom. The number of para-hydroxylation sites is 2. The van der Waals surface area contributed by atoms with Gasteiger partial charge in [-0.05, 0) is 47.9 Å². The molecule has 170 valence electrons. The number of nitrogens with one attached hydrogen (secondary N) is 1. The van der Waals surface area contributed by atoms with Gasteiger partial charge in [-0.25, -0.2) is 0 Å². The van der Waals surface area contributed by atoms with Gasteiger partial charge >= 0.3 is 0 Å². The fourth-order valence-electron chi connectivity index (χ4n) is 3.53. The van der Waals surface area contributed by atoms with Crippen molar-refractivity contribution in [3.05, 3.63) is 83.9 Å². The van der Waals surface area contributed by atoms with Gasteiger partial charge in [-0.15, -0.1) is 0 Å². The molecular weight excluding hydrogens is 420 g/mol. The normalized spacial score (nSPS) is 13.8. The van der Waals surface area contributed by atoms with Crippen molar-refractivity contribution in [3.8, 4) is 11.5 Å². The Morgan fingerprint density at radius 3 is 2.39 bits per heavy atom. The van der Waals surface area contributed by atoms with Gasteiger partial charge in [0.05, 0.1) is 37.8 Å². The Morgan fingerprint density at radius 2 is 1.73 bits per heavy atom. The van der Waals surface area contributed by atoms with Crippen molar-refractivity contribution < 1.29 is 23.5 Å². The molecule has 0 aliphatic carbocycles. The maximum absolute atomic E-state index is 13.4. The first kappa shape index (κ1) is 22.2. The van der Waals surface area contributed by atoms with Gasteiger partial charge in [0.1, 0.15) is 23.0 Å². The van der Waals surface area contributed by atoms with Crippen LogP contribution >= 0.6 is 0 Å². The highest BCUT2D eigenvalue weighted by Crippen LogP contribution is 2.34. The number of furan rings is 1. The first-order valence-electron chi connectivity index (χ1n) is 10.7. The molecule has 7 nitrogen and oxygen atoms in total. The zero-order valence-corrected chi connectivity index (χ0v) is 18.8. The van der Waals surface area contributed by atoms with E-state index in [0.29, 0.717) is 41.0 Å². The Kier molecular flexibility index (Phi) is 6.49. The Bertz CT molecular complexity index is 1160. The predicted molar refractivity (Wildman–Crippen MR) is 125 cm³/mol. The van der Waals surface area contributed by atoms with E-state index in [9.17, 15) is 9.59 Å². The second kappa shape index (κ2) is 9.65. The molecule has 1 aromatic heterocycles. The topological polar surface area (TPSA) is 81.0 Å². The van der Waals surface area contributed by atoms with Crippen molar-refractivity contribution in [2.24, 2.45) is 5.92 Å². The minimum absolute atomic E-state index is 0.0425. The van der Waals surface area contributed by atoms with Crippen LogP contribution in [-0.4, -0.2) is 30.4 Å². The molecule has 0 bridgehead atoms. The summed E-state index contributed by atoms with van der Waals surface area (Å²) in [5.74, 6) is 1.35. The van der Waals surface area contributed by atoms with Gasteiger partial charge in [0.2, 0.25) is 0 Å². The monoisotopic (exact) mass is 446 g/mol. The van der Waals surface area contributed by atoms with Crippen LogP contribution in [0.1, 0.15) is 25.2 Å². The molecule has 1 aliphatic heterocycles. The molecule has 2 aromatic carbocycles. The van der Waals surface area contributed by atoms with Gasteiger partial charge in [0.15, 0.2) is 0 Å². The van der Waals surface area contributed by atoms with Crippen molar-refractivity contribution in [3.63, 3.8) is 0 Å². The molecule has 0 spiro atoms. The number of rotatable bonds is 9. The van der Waals surface area contributed by atoms with E-state index >= 15 is 0 Å². The van der Waals surface area contributed by atoms with Crippen LogP contribution in [0.4, 0.5) is 5.69 Å². The third kappa shape index (κ3) is 4.77. The van der Waals surface area contributed by atoms with E-state index in [1.807, 2.05) is 12.1 Å². The van der Waals surface area contributed by atoms with Crippen molar-refractivity contribution in [1.82, 2.24) is 4.90 Å². The number of amides is 2. The van der Waals surface area contributed by atoms with Crippen molar-refractivity contribution in [2.45, 2.75) is 20.4 Å². The summed E-state index contributed by atoms with van der Waals surface area (Å²) in [5, 5.41) is 3.13. The summed E-state index contributed by atoms with van der Waals surface area (Å²) in [6.45, 7) is 4.79. The van der Waals surface area contributed by atoms with Crippen LogP contribution in [0.3, 0.4) is 0 Å². The first-order valence-corrected chi connectivity index (χ1v) is 10.7. The smallest absolute Gasteiger partial charge is 0.278 e. The van der Waals surface area contributed by atoms with Crippen LogP contribution in [0.5, 0.6) is 11.5 Å². The summed E-state index contributed by atoms with van der Waals surface area (Å²) in [6.07, 6.45) is 1.51. The van der Waals surface area contributed by atoms with E-state index in [2.05, 4.69) is 19.2 Å². The van der Waals surface area contributed by atoms with E-state index in [1.165, 1.54) is 11.2 Å². The summed E-state index contributed by atoms with van der Waals surface area (Å²) in [4.78, 5) is 27.9. The minimum Gasteiger partial charge on any atom is -0.495 e. The highest BCUT2D eigenvalue weighted by Gasteiger charge is 2.40. The lowest BCUT2D eigenvalue weighted by Gasteiger charge is -2.14. The number of nitrogens with zero attached hydrogens (tertiary/aromatic N) is 1. The quantitative estimate of drug-likeness (QED) is 0.479. The highest BCUT2D eigenvalue weighted by atomic mass is 16.5. The molecule has 0 atom stereocenters. The highest BCUT2D eigenvalue weighted by molar-refractivity contribution is 6.36. The van der Waals surface area contributed by atoms with Crippen LogP contribution in [0.2, 0.25) is 0 Å². The summed E-state index contributed by atoms with van der Waals surface area (Å²) >= 11 is 0. The number of hydrogen-bond acceptors (Lipinski definition) is 6. The zero-order valence-electron chi connectivity index (χ0n) is 18.8. The van der Waals surface area contributed by atoms with E-state index in [-0.39, 0.29) is 17.8 Å². The van der Waals surface area contributed by atoms with Crippen LogP contribution in [0, 0.1) is 5.92 Å². The first-order chi connectivity index (χ1) is 16.0. The number of ether oxygens (including phenoxy) is 2. The fourth-order valence-corrected chi connectivity index (χ4v) is 3.53. The standard InChI is InChI=1S/C26H26N2O5/c1-17(2)16-33-19-12-10-18(11-13-19)23-24(27-21-8-4-5-9-22(21)31-3)26(30)28(25(23)29)15-20-7-6-14-32-20/h4-14,17,27H,15-16H2,1-3H3. The Labute approximate surface area is 192 Å². The fraction of sp³-hybridized carbons (Fsp3) is 0.231. The van der Waals surface area contributed by atoms with E-state index < -0.39 is 11.8 Å². The molecule has 1 N–H and O–H groups in total. The minimum atomic E-state index is -0.433. The molecule has 0 saturated carbocycles. The van der Waals surface area contributed by atoms with Gasteiger partial charge in [-0.1, -0.05) is 38.1 Å². The summed E-state index contributed by atoms with van der Waals surface area (Å²) in [7, 11) is 1.55. The number of anilines is 1. The van der Waals surface area contributed by atoms with E-state index in [0.717, 1.165) is 0 Å². The Balaban J connectivity index is 1.70. The number of carbonyl (C=O) groups excluding carboxylic acids is 2. The molecule has 0 radical (unpaired) electrons. The predicted octanol–water partition coefficient (Wildman–Crippen LogP) is 4.72.